The number of hydrogen-bond donors (Lipinski definition) is 0. The van der Waals surface area contributed by atoms with E-state index >= 15 is 0 Å². The molecule has 0 aliphatic carbocycles. The van der Waals surface area contributed by atoms with Crippen molar-refractivity contribution >= 4 is 5.69 Å². The summed E-state index contributed by atoms with van der Waals surface area (Å²) in [6.45, 7) is 3.00. The fraction of sp³-hybridized carbons (Fsp3) is 0.267. The van der Waals surface area contributed by atoms with Crippen LogP contribution in [0.4, 0.5) is 5.69 Å². The summed E-state index contributed by atoms with van der Waals surface area (Å²) in [6.07, 6.45) is 1.27. The molecule has 21 heavy (non-hydrogen) atoms. The number of benzene rings is 1. The van der Waals surface area contributed by atoms with Gasteiger partial charge < -0.3 is 0 Å². The first-order chi connectivity index (χ1) is 9.97. The number of nitrogens with zero attached hydrogens (tertiary/aromatic N) is 3. The lowest BCUT2D eigenvalue weighted by molar-refractivity contribution is -0.385. The highest BCUT2D eigenvalue weighted by Crippen LogP contribution is 2.11. The third kappa shape index (κ3) is 3.76. The first kappa shape index (κ1) is 14.9. The molecule has 2 rings (SSSR count). The highest BCUT2D eigenvalue weighted by Gasteiger charge is 2.10. The van der Waals surface area contributed by atoms with Gasteiger partial charge >= 0.3 is 0 Å². The molecule has 0 saturated heterocycles. The molecule has 0 bridgehead atoms. The summed E-state index contributed by atoms with van der Waals surface area (Å²) in [7, 11) is 1.87. The second-order valence-electron chi connectivity index (χ2n) is 5.03. The standard InChI is InChI=1S/C15H17N3O3/c1-12-5-3-4-6-13(12)9-16(2)11-17-10-14(18(20)21)7-8-15(17)19/h3-8,10H,9,11H2,1-2H3. The van der Waals surface area contributed by atoms with E-state index < -0.39 is 4.92 Å². The van der Waals surface area contributed by atoms with Gasteiger partial charge in [0.15, 0.2) is 0 Å². The molecule has 110 valence electrons. The van der Waals surface area contributed by atoms with E-state index in [0.717, 1.165) is 0 Å². The van der Waals surface area contributed by atoms with Gasteiger partial charge in [-0.15, -0.1) is 0 Å². The minimum Gasteiger partial charge on any atom is -0.295 e. The first-order valence-corrected chi connectivity index (χ1v) is 6.55. The lowest BCUT2D eigenvalue weighted by Gasteiger charge is -2.19. The Morgan fingerprint density at radius 1 is 1.24 bits per heavy atom. The summed E-state index contributed by atoms with van der Waals surface area (Å²) < 4.78 is 1.34. The maximum atomic E-state index is 11.8. The Labute approximate surface area is 122 Å². The topological polar surface area (TPSA) is 68.4 Å². The van der Waals surface area contributed by atoms with Crippen LogP contribution in [0.5, 0.6) is 0 Å². The Balaban J connectivity index is 2.14. The molecule has 6 heteroatoms. The average molecular weight is 287 g/mol. The van der Waals surface area contributed by atoms with E-state index in [1.54, 1.807) is 0 Å². The van der Waals surface area contributed by atoms with Crippen LogP contribution in [0.15, 0.2) is 47.4 Å². The monoisotopic (exact) mass is 287 g/mol. The molecule has 0 unspecified atom stereocenters. The van der Waals surface area contributed by atoms with Crippen LogP contribution >= 0.6 is 0 Å². The summed E-state index contributed by atoms with van der Waals surface area (Å²) >= 11 is 0. The second-order valence-corrected chi connectivity index (χ2v) is 5.03. The molecule has 0 fully saturated rings. The highest BCUT2D eigenvalue weighted by atomic mass is 16.6. The molecular formula is C15H17N3O3. The molecule has 0 N–H and O–H groups in total. The van der Waals surface area contributed by atoms with Gasteiger partial charge in [0.2, 0.25) is 0 Å². The Morgan fingerprint density at radius 2 is 1.95 bits per heavy atom. The van der Waals surface area contributed by atoms with E-state index in [-0.39, 0.29) is 11.2 Å². The Morgan fingerprint density at radius 3 is 2.62 bits per heavy atom. The van der Waals surface area contributed by atoms with Gasteiger partial charge in [-0.1, -0.05) is 24.3 Å². The maximum Gasteiger partial charge on any atom is 0.285 e. The predicted octanol–water partition coefficient (Wildman–Crippen LogP) is 2.15. The molecule has 1 heterocycles. The molecule has 2 aromatic rings. The van der Waals surface area contributed by atoms with Crippen LogP contribution in [-0.2, 0) is 13.2 Å². The van der Waals surface area contributed by atoms with Crippen molar-refractivity contribution in [1.82, 2.24) is 9.47 Å². The Bertz CT molecular complexity index is 709. The zero-order valence-corrected chi connectivity index (χ0v) is 12.0. The SMILES string of the molecule is Cc1ccccc1CN(C)Cn1cc([N+](=O)[O-])ccc1=O. The number of aryl methyl sites for hydroxylation is 1. The van der Waals surface area contributed by atoms with E-state index in [1.165, 1.54) is 34.0 Å². The number of nitro groups is 1. The highest BCUT2D eigenvalue weighted by molar-refractivity contribution is 5.26. The molecule has 1 aromatic carbocycles. The fourth-order valence-corrected chi connectivity index (χ4v) is 2.13. The number of rotatable bonds is 5. The normalized spacial score (nSPS) is 10.8. The van der Waals surface area contributed by atoms with Gasteiger partial charge in [-0.2, -0.15) is 0 Å². The second kappa shape index (κ2) is 6.32. The smallest absolute Gasteiger partial charge is 0.285 e. The lowest BCUT2D eigenvalue weighted by Crippen LogP contribution is -2.29. The molecule has 0 radical (unpaired) electrons. The van der Waals surface area contributed by atoms with Gasteiger partial charge in [0, 0.05) is 18.7 Å². The van der Waals surface area contributed by atoms with E-state index in [2.05, 4.69) is 0 Å². The van der Waals surface area contributed by atoms with Gasteiger partial charge in [0.25, 0.3) is 11.2 Å². The summed E-state index contributed by atoms with van der Waals surface area (Å²) in [5.41, 5.74) is 2.00. The maximum absolute atomic E-state index is 11.8. The Kier molecular flexibility index (Phi) is 4.49. The minimum atomic E-state index is -0.503. The molecular weight excluding hydrogens is 270 g/mol. The van der Waals surface area contributed by atoms with Crippen LogP contribution in [0.1, 0.15) is 11.1 Å². The largest absolute Gasteiger partial charge is 0.295 e. The van der Waals surface area contributed by atoms with E-state index in [1.807, 2.05) is 43.1 Å². The number of pyridine rings is 1. The van der Waals surface area contributed by atoms with Crippen molar-refractivity contribution in [3.05, 3.63) is 74.2 Å². The van der Waals surface area contributed by atoms with Crippen molar-refractivity contribution in [2.24, 2.45) is 0 Å². The molecule has 0 saturated carbocycles. The lowest BCUT2D eigenvalue weighted by atomic mass is 10.1. The molecule has 0 aliphatic heterocycles. The molecule has 0 atom stereocenters. The Hall–Kier alpha value is -2.47. The van der Waals surface area contributed by atoms with Crippen LogP contribution in [0, 0.1) is 17.0 Å². The third-order valence-electron chi connectivity index (χ3n) is 3.27. The zero-order chi connectivity index (χ0) is 15.4. The summed E-state index contributed by atoms with van der Waals surface area (Å²) in [6, 6.07) is 10.4. The average Bonchev–Trinajstić information content (AvgIpc) is 2.43. The third-order valence-corrected chi connectivity index (χ3v) is 3.27. The quantitative estimate of drug-likeness (QED) is 0.624. The molecule has 6 nitrogen and oxygen atoms in total. The summed E-state index contributed by atoms with van der Waals surface area (Å²) in [5, 5.41) is 10.8. The van der Waals surface area contributed by atoms with Crippen LogP contribution in [0.3, 0.4) is 0 Å². The molecule has 0 spiro atoms. The van der Waals surface area contributed by atoms with Crippen LogP contribution < -0.4 is 5.56 Å². The molecule has 0 aliphatic rings. The first-order valence-electron chi connectivity index (χ1n) is 6.55. The van der Waals surface area contributed by atoms with Crippen LogP contribution in [0.25, 0.3) is 0 Å². The van der Waals surface area contributed by atoms with Gasteiger partial charge in [-0.25, -0.2) is 0 Å². The van der Waals surface area contributed by atoms with Crippen molar-refractivity contribution in [1.29, 1.82) is 0 Å². The minimum absolute atomic E-state index is 0.0844. The van der Waals surface area contributed by atoms with Gasteiger partial charge in [0.1, 0.15) is 0 Å². The van der Waals surface area contributed by atoms with E-state index in [0.29, 0.717) is 13.2 Å². The zero-order valence-electron chi connectivity index (χ0n) is 12.0. The van der Waals surface area contributed by atoms with Crippen LogP contribution in [-0.4, -0.2) is 21.4 Å². The number of hydrogen-bond acceptors (Lipinski definition) is 4. The fourth-order valence-electron chi connectivity index (χ4n) is 2.13. The van der Waals surface area contributed by atoms with Gasteiger partial charge in [0.05, 0.1) is 17.8 Å². The van der Waals surface area contributed by atoms with E-state index in [9.17, 15) is 14.9 Å². The van der Waals surface area contributed by atoms with Crippen molar-refractivity contribution < 1.29 is 4.92 Å². The summed E-state index contributed by atoms with van der Waals surface area (Å²) in [5.74, 6) is 0. The van der Waals surface area contributed by atoms with Crippen molar-refractivity contribution in [2.45, 2.75) is 20.1 Å². The van der Waals surface area contributed by atoms with E-state index in [4.69, 9.17) is 0 Å². The predicted molar refractivity (Wildman–Crippen MR) is 80.0 cm³/mol. The van der Waals surface area contributed by atoms with Crippen molar-refractivity contribution in [3.63, 3.8) is 0 Å². The van der Waals surface area contributed by atoms with Gasteiger partial charge in [-0.05, 0) is 25.1 Å². The van der Waals surface area contributed by atoms with Crippen molar-refractivity contribution in [3.8, 4) is 0 Å². The summed E-state index contributed by atoms with van der Waals surface area (Å²) in [4.78, 5) is 24.0. The van der Waals surface area contributed by atoms with Gasteiger partial charge in [-0.3, -0.25) is 24.4 Å². The van der Waals surface area contributed by atoms with Crippen molar-refractivity contribution in [2.75, 3.05) is 7.05 Å². The molecule has 1 aromatic heterocycles. The van der Waals surface area contributed by atoms with Crippen LogP contribution in [0.2, 0.25) is 0 Å². The molecule has 0 amide bonds. The number of aromatic nitrogens is 1.